The van der Waals surface area contributed by atoms with Crippen molar-refractivity contribution in [3.63, 3.8) is 0 Å². The van der Waals surface area contributed by atoms with E-state index in [4.69, 9.17) is 15.5 Å². The number of rotatable bonds is 7. The van der Waals surface area contributed by atoms with E-state index in [9.17, 15) is 29.5 Å². The van der Waals surface area contributed by atoms with Crippen LogP contribution in [0.4, 0.5) is 0 Å². The summed E-state index contributed by atoms with van der Waals surface area (Å²) in [5.41, 5.74) is 3.69. The Balaban J connectivity index is 2.11. The van der Waals surface area contributed by atoms with Gasteiger partial charge in [-0.25, -0.2) is 0 Å². The van der Waals surface area contributed by atoms with Gasteiger partial charge < -0.3 is 0 Å². The van der Waals surface area contributed by atoms with Gasteiger partial charge in [0.2, 0.25) is 0 Å². The van der Waals surface area contributed by atoms with Gasteiger partial charge in [-0.05, 0) is 0 Å². The molecule has 1 aliphatic heterocycles. The second kappa shape index (κ2) is 5.83. The monoisotopic (exact) mass is 525 g/mol. The topological polar surface area (TPSA) is 181 Å². The number of nitrogens with zero attached hydrogens (tertiary/aromatic N) is 2. The number of aromatic nitrogens is 2. The Hall–Kier alpha value is 0.150. The van der Waals surface area contributed by atoms with Crippen LogP contribution in [-0.4, -0.2) is 69.3 Å². The van der Waals surface area contributed by atoms with Gasteiger partial charge in [0.15, 0.2) is 0 Å². The summed E-state index contributed by atoms with van der Waals surface area (Å²) in [6.45, 7) is -0.0409. The molecule has 0 aromatic carbocycles. The van der Waals surface area contributed by atoms with Crippen LogP contribution < -0.4 is 5.73 Å². The molecule has 11 nitrogen and oxygen atoms in total. The third kappa shape index (κ3) is 2.42. The molecule has 3 rings (SSSR count). The van der Waals surface area contributed by atoms with Crippen molar-refractivity contribution in [2.45, 2.75) is 35.4 Å². The van der Waals surface area contributed by atoms with Crippen molar-refractivity contribution >= 4 is 40.2 Å². The second-order valence-electron chi connectivity index (χ2n) is 6.99. The quantitative estimate of drug-likeness (QED) is 0.149. The maximum absolute atomic E-state index is 12.3. The van der Waals surface area contributed by atoms with Gasteiger partial charge in [-0.2, -0.15) is 0 Å². The fourth-order valence-electron chi connectivity index (χ4n) is 3.58. The van der Waals surface area contributed by atoms with Gasteiger partial charge in [0.25, 0.3) is 0 Å². The zero-order valence-electron chi connectivity index (χ0n) is 13.8. The fraction of sp³-hybridized carbons (Fsp3) is 0.667. The van der Waals surface area contributed by atoms with Crippen molar-refractivity contribution in [2.75, 3.05) is 13.2 Å². The molecule has 2 heterocycles. The number of halogens is 1. The molecule has 26 heavy (non-hydrogen) atoms. The number of aliphatic hydroxyl groups is 1. The van der Waals surface area contributed by atoms with E-state index in [0.29, 0.717) is 0 Å². The third-order valence-corrected chi connectivity index (χ3v) is 16.6. The van der Waals surface area contributed by atoms with Crippen molar-refractivity contribution in [1.82, 2.24) is 9.55 Å². The van der Waals surface area contributed by atoms with Crippen LogP contribution in [0.1, 0.15) is 12.8 Å². The SMILES string of the molecule is CP(O)(O)(I)C(O)(Cn1ccnc1)[PH](O)(O)[C@@]12CCC1(C(=O)CN)OO2. The zero-order valence-corrected chi connectivity index (χ0v) is 17.9. The zero-order chi connectivity index (χ0) is 19.7. The number of carbonyl (C=O) groups is 1. The van der Waals surface area contributed by atoms with Crippen LogP contribution in [0, 0.1) is 0 Å². The normalized spacial score (nSPS) is 33.0. The summed E-state index contributed by atoms with van der Waals surface area (Å²) in [6, 6.07) is 0. The molecule has 1 saturated carbocycles. The predicted molar refractivity (Wildman–Crippen MR) is 102 cm³/mol. The first kappa shape index (κ1) is 20.9. The second-order valence-corrected chi connectivity index (χ2v) is 20.7. The standard InChI is InChI=1S/C12H22IN3O8P2/c1-26(13,21,22)12(18,7-16-5-4-15-8-16)25(19,20)11-3-2-10(11,23-24-11)9(17)6-14/h4-5,8,18-22,25H,2-3,6-7,14H2,1H3/t10?,11-,12?/m0/s1. The average Bonchev–Trinajstić information content (AvgIpc) is 3.00. The summed E-state index contributed by atoms with van der Waals surface area (Å²) in [4.78, 5) is 69.8. The molecular formula is C12H22IN3O8P2. The van der Waals surface area contributed by atoms with Gasteiger partial charge in [0.1, 0.15) is 0 Å². The number of Topliss-reactive ketones (excluding diaryl/α,β-unsaturated/α-hetero) is 1. The summed E-state index contributed by atoms with van der Waals surface area (Å²) < 4.78 is -3.81. The molecule has 0 bridgehead atoms. The molecule has 2 fully saturated rings. The molecule has 0 radical (unpaired) electrons. The first-order chi connectivity index (χ1) is 11.7. The minimum absolute atomic E-state index is 0.00661. The average molecular weight is 525 g/mol. The Bertz CT molecular complexity index is 719. The van der Waals surface area contributed by atoms with E-state index in [-0.39, 0.29) is 12.8 Å². The Kier molecular flexibility index (Phi) is 4.68. The first-order valence-electron chi connectivity index (χ1n) is 7.69. The summed E-state index contributed by atoms with van der Waals surface area (Å²) >= 11 is 1.25. The predicted octanol–water partition coefficient (Wildman–Crippen LogP) is -0.840. The van der Waals surface area contributed by atoms with E-state index in [2.05, 4.69) is 4.98 Å². The van der Waals surface area contributed by atoms with Gasteiger partial charge in [0, 0.05) is 0 Å². The van der Waals surface area contributed by atoms with Gasteiger partial charge >= 0.3 is 162 Å². The van der Waals surface area contributed by atoms with Crippen LogP contribution >= 0.6 is 34.5 Å². The Morgan fingerprint density at radius 3 is 2.46 bits per heavy atom. The number of hydrogen-bond donors (Lipinski definition) is 6. The molecule has 1 aliphatic carbocycles. The minimum atomic E-state index is -5.16. The Morgan fingerprint density at radius 2 is 2.12 bits per heavy atom. The number of fused-ring (bicyclic) bond motifs is 1. The van der Waals surface area contributed by atoms with Crippen molar-refractivity contribution in [3.05, 3.63) is 18.7 Å². The van der Waals surface area contributed by atoms with Crippen molar-refractivity contribution < 1.29 is 39.2 Å². The molecule has 1 aromatic heterocycles. The van der Waals surface area contributed by atoms with Crippen LogP contribution in [0.3, 0.4) is 0 Å². The first-order valence-corrected chi connectivity index (χ1v) is 15.0. The molecule has 1 saturated heterocycles. The molecule has 1 aromatic rings. The number of carbonyl (C=O) groups excluding carboxylic acids is 1. The molecule has 2 aliphatic rings. The van der Waals surface area contributed by atoms with Crippen LogP contribution in [0.2, 0.25) is 0 Å². The van der Waals surface area contributed by atoms with Crippen LogP contribution in [0.25, 0.3) is 0 Å². The van der Waals surface area contributed by atoms with E-state index in [0.717, 1.165) is 6.66 Å². The van der Waals surface area contributed by atoms with E-state index < -0.39 is 47.3 Å². The third-order valence-electron chi connectivity index (χ3n) is 5.37. The summed E-state index contributed by atoms with van der Waals surface area (Å²) in [6.07, 6.45) is 4.20. The number of hydrogen-bond acceptors (Lipinski definition) is 10. The molecule has 0 amide bonds. The number of nitrogens with two attached hydrogens (primary N) is 1. The van der Waals surface area contributed by atoms with E-state index >= 15 is 0 Å². The molecular weight excluding hydrogens is 503 g/mol. The summed E-state index contributed by atoms with van der Waals surface area (Å²) in [5, 5.41) is 6.60. The Labute approximate surface area is 162 Å². The van der Waals surface area contributed by atoms with Crippen molar-refractivity contribution in [2.24, 2.45) is 5.73 Å². The molecule has 2 unspecified atom stereocenters. The van der Waals surface area contributed by atoms with Gasteiger partial charge in [-0.3, -0.25) is 0 Å². The summed E-state index contributed by atoms with van der Waals surface area (Å²) in [5.74, 6) is -0.610. The van der Waals surface area contributed by atoms with Gasteiger partial charge in [0.05, 0.1) is 0 Å². The molecule has 3 atom stereocenters. The molecule has 14 heteroatoms. The van der Waals surface area contributed by atoms with Crippen molar-refractivity contribution in [1.29, 1.82) is 0 Å². The molecule has 0 spiro atoms. The Morgan fingerprint density at radius 1 is 1.46 bits per heavy atom. The van der Waals surface area contributed by atoms with Crippen LogP contribution in [0.15, 0.2) is 18.7 Å². The van der Waals surface area contributed by atoms with Crippen LogP contribution in [0.5, 0.6) is 0 Å². The van der Waals surface area contributed by atoms with E-state index in [1.165, 1.54) is 45.3 Å². The summed E-state index contributed by atoms with van der Waals surface area (Å²) in [7, 11) is -5.16. The maximum atomic E-state index is 12.3. The van der Waals surface area contributed by atoms with Gasteiger partial charge in [-0.1, -0.05) is 0 Å². The molecule has 7 N–H and O–H groups in total. The van der Waals surface area contributed by atoms with E-state index in [1.54, 1.807) is 0 Å². The van der Waals surface area contributed by atoms with Crippen molar-refractivity contribution in [3.8, 4) is 0 Å². The fourth-order valence-corrected chi connectivity index (χ4v) is 13.5. The number of ketones is 1. The number of imidazole rings is 1. The van der Waals surface area contributed by atoms with Gasteiger partial charge in [-0.15, -0.1) is 0 Å². The molecule has 150 valence electrons. The van der Waals surface area contributed by atoms with E-state index in [1.807, 2.05) is 0 Å². The van der Waals surface area contributed by atoms with Crippen LogP contribution in [-0.2, 0) is 21.1 Å².